The maximum atomic E-state index is 12.5. The Kier molecular flexibility index (Phi) is 4.15. The van der Waals surface area contributed by atoms with E-state index in [0.29, 0.717) is 18.1 Å². The molecule has 5 nitrogen and oxygen atoms in total. The van der Waals surface area contributed by atoms with Crippen molar-refractivity contribution in [1.82, 2.24) is 4.90 Å². The quantitative estimate of drug-likeness (QED) is 0.942. The summed E-state index contributed by atoms with van der Waals surface area (Å²) >= 11 is 0. The van der Waals surface area contributed by atoms with Gasteiger partial charge in [0.15, 0.2) is 5.76 Å². The van der Waals surface area contributed by atoms with Crippen LogP contribution in [0.2, 0.25) is 0 Å². The van der Waals surface area contributed by atoms with Crippen LogP contribution in [0.15, 0.2) is 40.8 Å². The van der Waals surface area contributed by atoms with Gasteiger partial charge in [0.05, 0.1) is 19.8 Å². The van der Waals surface area contributed by atoms with Gasteiger partial charge in [0.1, 0.15) is 11.5 Å². The molecule has 0 unspecified atom stereocenters. The third-order valence-corrected chi connectivity index (χ3v) is 4.04. The molecule has 1 fully saturated rings. The van der Waals surface area contributed by atoms with Crippen LogP contribution in [0.3, 0.4) is 0 Å². The molecule has 5 heteroatoms. The molecular weight excluding hydrogens is 282 g/mol. The summed E-state index contributed by atoms with van der Waals surface area (Å²) in [6.07, 6.45) is 1.76. The number of hydrogen-bond donors (Lipinski definition) is 1. The molecule has 1 saturated heterocycles. The number of amides is 1. The second-order valence-corrected chi connectivity index (χ2v) is 5.37. The van der Waals surface area contributed by atoms with Crippen molar-refractivity contribution in [2.75, 3.05) is 20.3 Å². The molecule has 1 aromatic heterocycles. The topological polar surface area (TPSA) is 62.9 Å². The molecule has 2 aromatic rings. The molecule has 3 rings (SSSR count). The van der Waals surface area contributed by atoms with Gasteiger partial charge in [-0.2, -0.15) is 0 Å². The number of benzene rings is 1. The number of carbonyl (C=O) groups excluding carboxylic acids is 1. The molecule has 0 spiro atoms. The Labute approximate surface area is 129 Å². The number of rotatable bonds is 4. The Hall–Kier alpha value is -2.27. The van der Waals surface area contributed by atoms with Crippen molar-refractivity contribution in [2.24, 2.45) is 0 Å². The summed E-state index contributed by atoms with van der Waals surface area (Å²) in [6, 6.07) is 10.9. The van der Waals surface area contributed by atoms with Gasteiger partial charge in [0.25, 0.3) is 5.91 Å². The molecule has 1 amide bonds. The molecule has 0 radical (unpaired) electrons. The molecule has 1 N–H and O–H groups in total. The fourth-order valence-corrected chi connectivity index (χ4v) is 2.80. The number of nitrogens with zero attached hydrogens (tertiary/aromatic N) is 1. The molecule has 0 bridgehead atoms. The number of aliphatic hydroxyl groups is 1. The van der Waals surface area contributed by atoms with E-state index in [1.807, 2.05) is 24.3 Å². The van der Waals surface area contributed by atoms with Gasteiger partial charge >= 0.3 is 0 Å². The average molecular weight is 301 g/mol. The highest BCUT2D eigenvalue weighted by molar-refractivity contribution is 5.92. The average Bonchev–Trinajstić information content (AvgIpc) is 3.23. The number of carbonyl (C=O) groups is 1. The van der Waals surface area contributed by atoms with E-state index >= 15 is 0 Å². The minimum Gasteiger partial charge on any atom is -0.497 e. The van der Waals surface area contributed by atoms with Gasteiger partial charge in [-0.25, -0.2) is 0 Å². The summed E-state index contributed by atoms with van der Waals surface area (Å²) in [5.41, 5.74) is 0.889. The van der Waals surface area contributed by atoms with Crippen molar-refractivity contribution in [2.45, 2.75) is 18.9 Å². The van der Waals surface area contributed by atoms with Crippen LogP contribution in [-0.2, 0) is 0 Å². The van der Waals surface area contributed by atoms with Crippen LogP contribution in [0.1, 0.15) is 23.4 Å². The number of likely N-dealkylation sites (tertiary alicyclic amines) is 1. The van der Waals surface area contributed by atoms with Gasteiger partial charge in [-0.05, 0) is 49.2 Å². The summed E-state index contributed by atoms with van der Waals surface area (Å²) in [5, 5.41) is 9.33. The van der Waals surface area contributed by atoms with Gasteiger partial charge in [0, 0.05) is 12.1 Å². The number of furan rings is 1. The van der Waals surface area contributed by atoms with Gasteiger partial charge in [0.2, 0.25) is 0 Å². The van der Waals surface area contributed by atoms with Crippen LogP contribution >= 0.6 is 0 Å². The van der Waals surface area contributed by atoms with Crippen LogP contribution in [0.4, 0.5) is 0 Å². The molecule has 116 valence electrons. The smallest absolute Gasteiger partial charge is 0.289 e. The number of hydrogen-bond acceptors (Lipinski definition) is 4. The molecule has 0 aliphatic carbocycles. The fourth-order valence-electron chi connectivity index (χ4n) is 2.80. The van der Waals surface area contributed by atoms with E-state index in [9.17, 15) is 9.90 Å². The molecule has 2 heterocycles. The fraction of sp³-hybridized carbons (Fsp3) is 0.353. The van der Waals surface area contributed by atoms with Gasteiger partial charge in [-0.3, -0.25) is 4.79 Å². The SMILES string of the molecule is COc1ccc(-c2ccc(C(=O)N3CCC[C@@H]3CO)o2)cc1. The lowest BCUT2D eigenvalue weighted by atomic mass is 10.2. The lowest BCUT2D eigenvalue weighted by Crippen LogP contribution is -2.37. The summed E-state index contributed by atoms with van der Waals surface area (Å²) < 4.78 is 10.8. The Morgan fingerprint density at radius 1 is 1.32 bits per heavy atom. The first-order valence-corrected chi connectivity index (χ1v) is 7.39. The minimum atomic E-state index is -0.156. The Morgan fingerprint density at radius 2 is 2.09 bits per heavy atom. The summed E-state index contributed by atoms with van der Waals surface area (Å²) in [5.74, 6) is 1.57. The zero-order chi connectivity index (χ0) is 15.5. The molecule has 1 aliphatic heterocycles. The van der Waals surface area contributed by atoms with Crippen LogP contribution < -0.4 is 4.74 Å². The predicted molar refractivity (Wildman–Crippen MR) is 81.8 cm³/mol. The molecule has 1 atom stereocenters. The zero-order valence-electron chi connectivity index (χ0n) is 12.5. The summed E-state index contributed by atoms with van der Waals surface area (Å²) in [7, 11) is 1.62. The highest BCUT2D eigenvalue weighted by atomic mass is 16.5. The summed E-state index contributed by atoms with van der Waals surface area (Å²) in [6.45, 7) is 0.667. The second kappa shape index (κ2) is 6.23. The highest BCUT2D eigenvalue weighted by Gasteiger charge is 2.30. The third kappa shape index (κ3) is 2.72. The van der Waals surface area contributed by atoms with Crippen molar-refractivity contribution in [3.05, 3.63) is 42.2 Å². The molecule has 1 aliphatic rings. The molecular formula is C17H19NO4. The summed E-state index contributed by atoms with van der Waals surface area (Å²) in [4.78, 5) is 14.2. The number of aliphatic hydroxyl groups excluding tert-OH is 1. The zero-order valence-corrected chi connectivity index (χ0v) is 12.5. The molecule has 1 aromatic carbocycles. The van der Waals surface area contributed by atoms with Crippen LogP contribution in [-0.4, -0.2) is 42.2 Å². The first-order chi connectivity index (χ1) is 10.7. The Balaban J connectivity index is 1.79. The Bertz CT molecular complexity index is 647. The number of methoxy groups -OCH3 is 1. The maximum Gasteiger partial charge on any atom is 0.289 e. The van der Waals surface area contributed by atoms with E-state index in [1.165, 1.54) is 0 Å². The van der Waals surface area contributed by atoms with Crippen molar-refractivity contribution in [1.29, 1.82) is 0 Å². The predicted octanol–water partition coefficient (Wildman–Crippen LogP) is 2.55. The number of ether oxygens (including phenoxy) is 1. The second-order valence-electron chi connectivity index (χ2n) is 5.37. The van der Waals surface area contributed by atoms with E-state index in [4.69, 9.17) is 9.15 Å². The molecule has 0 saturated carbocycles. The van der Waals surface area contributed by atoms with E-state index in [2.05, 4.69) is 0 Å². The van der Waals surface area contributed by atoms with Gasteiger partial charge < -0.3 is 19.2 Å². The minimum absolute atomic E-state index is 0.00220. The van der Waals surface area contributed by atoms with E-state index in [-0.39, 0.29) is 18.6 Å². The largest absolute Gasteiger partial charge is 0.497 e. The van der Waals surface area contributed by atoms with Crippen molar-refractivity contribution >= 4 is 5.91 Å². The first kappa shape index (κ1) is 14.7. The van der Waals surface area contributed by atoms with Crippen molar-refractivity contribution in [3.8, 4) is 17.1 Å². The van der Waals surface area contributed by atoms with E-state index in [0.717, 1.165) is 24.2 Å². The lowest BCUT2D eigenvalue weighted by molar-refractivity contribution is 0.0647. The van der Waals surface area contributed by atoms with E-state index in [1.54, 1.807) is 24.1 Å². The van der Waals surface area contributed by atoms with Crippen LogP contribution in [0, 0.1) is 0 Å². The standard InChI is InChI=1S/C17H19NO4/c1-21-14-6-4-12(5-7-14)15-8-9-16(22-15)17(20)18-10-2-3-13(18)11-19/h4-9,13,19H,2-3,10-11H2,1H3/t13-/m1/s1. The maximum absolute atomic E-state index is 12.5. The van der Waals surface area contributed by atoms with Crippen molar-refractivity contribution < 1.29 is 19.1 Å². The van der Waals surface area contributed by atoms with Crippen LogP contribution in [0.5, 0.6) is 5.75 Å². The highest BCUT2D eigenvalue weighted by Crippen LogP contribution is 2.26. The Morgan fingerprint density at radius 3 is 2.77 bits per heavy atom. The lowest BCUT2D eigenvalue weighted by Gasteiger charge is -2.21. The van der Waals surface area contributed by atoms with Gasteiger partial charge in [-0.15, -0.1) is 0 Å². The van der Waals surface area contributed by atoms with Crippen LogP contribution in [0.25, 0.3) is 11.3 Å². The third-order valence-electron chi connectivity index (χ3n) is 4.04. The normalized spacial score (nSPS) is 17.7. The van der Waals surface area contributed by atoms with Gasteiger partial charge in [-0.1, -0.05) is 0 Å². The van der Waals surface area contributed by atoms with E-state index < -0.39 is 0 Å². The molecule has 22 heavy (non-hydrogen) atoms. The van der Waals surface area contributed by atoms with Crippen molar-refractivity contribution in [3.63, 3.8) is 0 Å². The monoisotopic (exact) mass is 301 g/mol. The first-order valence-electron chi connectivity index (χ1n) is 7.39.